The van der Waals surface area contributed by atoms with Crippen LogP contribution in [0.4, 0.5) is 0 Å². The van der Waals surface area contributed by atoms with Crippen LogP contribution in [-0.4, -0.2) is 26.4 Å². The number of thioether (sulfide) groups is 1. The molecule has 0 saturated heterocycles. The zero-order valence-electron chi connectivity index (χ0n) is 17.4. The summed E-state index contributed by atoms with van der Waals surface area (Å²) in [4.78, 5) is 12.2. The van der Waals surface area contributed by atoms with Crippen molar-refractivity contribution in [1.29, 1.82) is 0 Å². The van der Waals surface area contributed by atoms with Crippen molar-refractivity contribution in [1.82, 2.24) is 20.1 Å². The van der Waals surface area contributed by atoms with Gasteiger partial charge >= 0.3 is 0 Å². The smallest absolute Gasteiger partial charge is 0.230 e. The minimum atomic E-state index is -0.0816. The molecule has 1 N–H and O–H groups in total. The normalized spacial score (nSPS) is 10.6. The summed E-state index contributed by atoms with van der Waals surface area (Å²) in [5.41, 5.74) is 2.25. The van der Waals surface area contributed by atoms with E-state index in [1.165, 1.54) is 17.3 Å². The lowest BCUT2D eigenvalue weighted by atomic mass is 10.2. The number of aryl methyl sites for hydroxylation is 1. The van der Waals surface area contributed by atoms with E-state index in [0.29, 0.717) is 29.1 Å². The number of carbonyl (C=O) groups is 1. The van der Waals surface area contributed by atoms with Crippen molar-refractivity contribution in [3.05, 3.63) is 83.2 Å². The molecule has 1 amide bonds. The third kappa shape index (κ3) is 6.87. The van der Waals surface area contributed by atoms with Crippen molar-refractivity contribution in [2.45, 2.75) is 38.2 Å². The average Bonchev–Trinajstić information content (AvgIpc) is 3.18. The maximum atomic E-state index is 12.2. The van der Waals surface area contributed by atoms with Crippen molar-refractivity contribution in [3.63, 3.8) is 0 Å². The number of nitrogens with zero attached hydrogens (tertiary/aromatic N) is 3. The van der Waals surface area contributed by atoms with Crippen molar-refractivity contribution in [3.8, 4) is 5.75 Å². The van der Waals surface area contributed by atoms with Crippen LogP contribution in [0.25, 0.3) is 0 Å². The van der Waals surface area contributed by atoms with Gasteiger partial charge in [-0.2, -0.15) is 0 Å². The summed E-state index contributed by atoms with van der Waals surface area (Å²) in [7, 11) is 0. The zero-order valence-corrected chi connectivity index (χ0v) is 19.0. The first-order valence-corrected chi connectivity index (χ1v) is 11.3. The number of nitrogens with one attached hydrogen (secondary N) is 1. The summed E-state index contributed by atoms with van der Waals surface area (Å²) in [6.45, 7) is 7.19. The first-order chi connectivity index (χ1) is 15.1. The Balaban J connectivity index is 1.54. The van der Waals surface area contributed by atoms with Gasteiger partial charge in [-0.05, 0) is 41.8 Å². The van der Waals surface area contributed by atoms with Crippen LogP contribution in [0.3, 0.4) is 0 Å². The van der Waals surface area contributed by atoms with E-state index in [-0.39, 0.29) is 18.3 Å². The molecule has 0 aliphatic rings. The van der Waals surface area contributed by atoms with Gasteiger partial charge in [-0.1, -0.05) is 60.6 Å². The van der Waals surface area contributed by atoms with Gasteiger partial charge in [0.25, 0.3) is 0 Å². The number of aromatic nitrogens is 3. The minimum Gasteiger partial charge on any atom is -0.486 e. The van der Waals surface area contributed by atoms with Gasteiger partial charge in [-0.25, -0.2) is 0 Å². The summed E-state index contributed by atoms with van der Waals surface area (Å²) in [5.74, 6) is 1.62. The van der Waals surface area contributed by atoms with E-state index >= 15 is 0 Å². The quantitative estimate of drug-likeness (QED) is 0.335. The highest BCUT2D eigenvalue weighted by atomic mass is 35.5. The molecule has 162 valence electrons. The lowest BCUT2D eigenvalue weighted by Gasteiger charge is -2.10. The van der Waals surface area contributed by atoms with E-state index in [1.54, 1.807) is 18.2 Å². The summed E-state index contributed by atoms with van der Waals surface area (Å²) in [5, 5.41) is 12.7. The molecule has 8 heteroatoms. The largest absolute Gasteiger partial charge is 0.486 e. The highest BCUT2D eigenvalue weighted by molar-refractivity contribution is 7.99. The van der Waals surface area contributed by atoms with Gasteiger partial charge in [0.2, 0.25) is 5.91 Å². The van der Waals surface area contributed by atoms with Gasteiger partial charge in [0, 0.05) is 18.1 Å². The first-order valence-electron chi connectivity index (χ1n) is 9.97. The van der Waals surface area contributed by atoms with Crippen molar-refractivity contribution < 1.29 is 9.53 Å². The van der Waals surface area contributed by atoms with Crippen LogP contribution in [0.1, 0.15) is 23.9 Å². The SMILES string of the molecule is C=CCn1c(COc2ccc(CC)cc2)nnc1SCC(=O)NCc1ccc(Cl)cc1. The summed E-state index contributed by atoms with van der Waals surface area (Å²) in [6, 6.07) is 15.4. The molecule has 0 unspecified atom stereocenters. The van der Waals surface area contributed by atoms with E-state index < -0.39 is 0 Å². The van der Waals surface area contributed by atoms with Crippen LogP contribution >= 0.6 is 23.4 Å². The molecule has 0 fully saturated rings. The molecular formula is C23H25ClN4O2S. The second-order valence-corrected chi connectivity index (χ2v) is 8.16. The van der Waals surface area contributed by atoms with Crippen molar-refractivity contribution in [2.24, 2.45) is 0 Å². The molecule has 3 aromatic rings. The average molecular weight is 457 g/mol. The standard InChI is InChI=1S/C23H25ClN4O2S/c1-3-13-28-21(15-30-20-11-7-17(4-2)8-12-20)26-27-23(28)31-16-22(29)25-14-18-5-9-19(24)10-6-18/h3,5-12H,1,4,13-16H2,2H3,(H,25,29). The zero-order chi connectivity index (χ0) is 22.1. The fourth-order valence-electron chi connectivity index (χ4n) is 2.80. The lowest BCUT2D eigenvalue weighted by Crippen LogP contribution is -2.24. The summed E-state index contributed by atoms with van der Waals surface area (Å²) in [6.07, 6.45) is 2.76. The predicted molar refractivity (Wildman–Crippen MR) is 124 cm³/mol. The van der Waals surface area contributed by atoms with Crippen LogP contribution in [-0.2, 0) is 30.9 Å². The number of allylic oxidation sites excluding steroid dienone is 1. The number of amides is 1. The number of hydrogen-bond donors (Lipinski definition) is 1. The maximum Gasteiger partial charge on any atom is 0.230 e. The first kappa shape index (κ1) is 22.9. The second-order valence-electron chi connectivity index (χ2n) is 6.78. The Hall–Kier alpha value is -2.77. The molecule has 31 heavy (non-hydrogen) atoms. The van der Waals surface area contributed by atoms with Crippen LogP contribution in [0, 0.1) is 0 Å². The van der Waals surface area contributed by atoms with Gasteiger partial charge < -0.3 is 10.1 Å². The summed E-state index contributed by atoms with van der Waals surface area (Å²) >= 11 is 7.22. The number of carbonyl (C=O) groups excluding carboxylic acids is 1. The fraction of sp³-hybridized carbons (Fsp3) is 0.261. The van der Waals surface area contributed by atoms with Crippen molar-refractivity contribution in [2.75, 3.05) is 5.75 Å². The molecule has 1 heterocycles. The third-order valence-corrected chi connectivity index (χ3v) is 5.76. The fourth-order valence-corrected chi connectivity index (χ4v) is 3.72. The minimum absolute atomic E-state index is 0.0816. The van der Waals surface area contributed by atoms with Crippen LogP contribution in [0.2, 0.25) is 5.02 Å². The Morgan fingerprint density at radius 3 is 2.55 bits per heavy atom. The highest BCUT2D eigenvalue weighted by Crippen LogP contribution is 2.19. The van der Waals surface area contributed by atoms with E-state index in [2.05, 4.69) is 29.0 Å². The molecule has 0 spiro atoms. The Kier molecular flexibility index (Phi) is 8.55. The van der Waals surface area contributed by atoms with E-state index in [0.717, 1.165) is 17.7 Å². The van der Waals surface area contributed by atoms with Crippen LogP contribution < -0.4 is 10.1 Å². The highest BCUT2D eigenvalue weighted by Gasteiger charge is 2.14. The monoisotopic (exact) mass is 456 g/mol. The number of ether oxygens (including phenoxy) is 1. The Labute approximate surface area is 191 Å². The molecule has 0 atom stereocenters. The number of rotatable bonds is 11. The van der Waals surface area contributed by atoms with Gasteiger partial charge in [0.1, 0.15) is 12.4 Å². The van der Waals surface area contributed by atoms with Crippen LogP contribution in [0.15, 0.2) is 66.3 Å². The maximum absolute atomic E-state index is 12.2. The van der Waals surface area contributed by atoms with E-state index in [4.69, 9.17) is 16.3 Å². The molecule has 0 radical (unpaired) electrons. The molecule has 0 saturated carbocycles. The lowest BCUT2D eigenvalue weighted by molar-refractivity contribution is -0.118. The third-order valence-electron chi connectivity index (χ3n) is 4.54. The topological polar surface area (TPSA) is 69.0 Å². The second kappa shape index (κ2) is 11.6. The Morgan fingerprint density at radius 1 is 1.16 bits per heavy atom. The number of hydrogen-bond acceptors (Lipinski definition) is 5. The number of benzene rings is 2. The number of halogens is 1. The molecule has 6 nitrogen and oxygen atoms in total. The molecule has 0 bridgehead atoms. The van der Waals surface area contributed by atoms with Gasteiger partial charge in [0.15, 0.2) is 11.0 Å². The predicted octanol–water partition coefficient (Wildman–Crippen LogP) is 4.67. The van der Waals surface area contributed by atoms with Gasteiger partial charge in [-0.15, -0.1) is 16.8 Å². The molecule has 1 aromatic heterocycles. The Bertz CT molecular complexity index is 1000. The molecule has 2 aromatic carbocycles. The van der Waals surface area contributed by atoms with Gasteiger partial charge in [0.05, 0.1) is 5.75 Å². The van der Waals surface area contributed by atoms with Crippen LogP contribution in [0.5, 0.6) is 5.75 Å². The van der Waals surface area contributed by atoms with Crippen molar-refractivity contribution >= 4 is 29.3 Å². The molecule has 3 rings (SSSR count). The van der Waals surface area contributed by atoms with Gasteiger partial charge in [-0.3, -0.25) is 9.36 Å². The van der Waals surface area contributed by atoms with E-state index in [1.807, 2.05) is 41.0 Å². The Morgan fingerprint density at radius 2 is 1.87 bits per heavy atom. The molecular weight excluding hydrogens is 432 g/mol. The molecule has 0 aliphatic heterocycles. The van der Waals surface area contributed by atoms with E-state index in [9.17, 15) is 4.79 Å². The summed E-state index contributed by atoms with van der Waals surface area (Å²) < 4.78 is 7.77. The molecule has 0 aliphatic carbocycles.